The number of likely N-dealkylation sites (tertiary alicyclic amines) is 1. The molecule has 1 aromatic carbocycles. The van der Waals surface area contributed by atoms with Crippen molar-refractivity contribution in [1.82, 2.24) is 20.0 Å². The molecule has 2 aliphatic rings. The van der Waals surface area contributed by atoms with Gasteiger partial charge in [0.05, 0.1) is 12.6 Å². The molecule has 0 saturated carbocycles. The summed E-state index contributed by atoms with van der Waals surface area (Å²) >= 11 is 0. The van der Waals surface area contributed by atoms with Gasteiger partial charge in [0.1, 0.15) is 0 Å². The molecular formula is C21H32N4O2. The Morgan fingerprint density at radius 1 is 1.00 bits per heavy atom. The molecule has 3 rings (SSSR count). The minimum absolute atomic E-state index is 0.0668. The summed E-state index contributed by atoms with van der Waals surface area (Å²) < 4.78 is 0. The molecular weight excluding hydrogens is 340 g/mol. The summed E-state index contributed by atoms with van der Waals surface area (Å²) in [5, 5.41) is 3.04. The van der Waals surface area contributed by atoms with Gasteiger partial charge in [0.2, 0.25) is 11.8 Å². The van der Waals surface area contributed by atoms with E-state index in [4.69, 9.17) is 0 Å². The van der Waals surface area contributed by atoms with E-state index in [0.29, 0.717) is 13.1 Å². The van der Waals surface area contributed by atoms with Gasteiger partial charge in [-0.05, 0) is 32.3 Å². The van der Waals surface area contributed by atoms with E-state index in [1.54, 1.807) is 0 Å². The Hall–Kier alpha value is -1.92. The molecule has 1 aromatic rings. The monoisotopic (exact) mass is 372 g/mol. The molecule has 0 aromatic heterocycles. The van der Waals surface area contributed by atoms with Crippen molar-refractivity contribution in [3.8, 4) is 0 Å². The van der Waals surface area contributed by atoms with Crippen LogP contribution in [0.25, 0.3) is 0 Å². The Morgan fingerprint density at radius 3 is 2.26 bits per heavy atom. The van der Waals surface area contributed by atoms with Crippen molar-refractivity contribution in [2.75, 3.05) is 45.8 Å². The van der Waals surface area contributed by atoms with Gasteiger partial charge in [-0.15, -0.1) is 0 Å². The van der Waals surface area contributed by atoms with Crippen LogP contribution < -0.4 is 5.32 Å². The van der Waals surface area contributed by atoms with E-state index in [1.807, 2.05) is 11.8 Å². The van der Waals surface area contributed by atoms with Crippen LogP contribution in [0.4, 0.5) is 0 Å². The summed E-state index contributed by atoms with van der Waals surface area (Å²) in [4.78, 5) is 31.2. The lowest BCUT2D eigenvalue weighted by Gasteiger charge is -2.37. The molecule has 6 heteroatoms. The molecule has 2 fully saturated rings. The zero-order valence-electron chi connectivity index (χ0n) is 16.6. The Kier molecular flexibility index (Phi) is 6.85. The van der Waals surface area contributed by atoms with E-state index in [-0.39, 0.29) is 17.9 Å². The van der Waals surface area contributed by atoms with Crippen LogP contribution in [0, 0.1) is 6.92 Å². The number of carbonyl (C=O) groups is 2. The molecule has 2 heterocycles. The Bertz CT molecular complexity index is 632. The summed E-state index contributed by atoms with van der Waals surface area (Å²) in [7, 11) is 0. The van der Waals surface area contributed by atoms with E-state index in [1.165, 1.54) is 5.56 Å². The molecule has 1 N–H and O–H groups in total. The molecule has 148 valence electrons. The summed E-state index contributed by atoms with van der Waals surface area (Å²) in [5.74, 6) is 0.321. The number of carbonyl (C=O) groups excluding carboxylic acids is 2. The standard InChI is InChI=1S/C21H32N4O2/c1-17-5-7-19(8-6-17)15-22-21(27)18(2)24-13-11-23(12-14-24)16-20(26)25-9-3-4-10-25/h5-8,18H,3-4,9-16H2,1-2H3,(H,22,27). The van der Waals surface area contributed by atoms with Gasteiger partial charge in [-0.2, -0.15) is 0 Å². The summed E-state index contributed by atoms with van der Waals surface area (Å²) in [6.07, 6.45) is 2.27. The van der Waals surface area contributed by atoms with Crippen molar-refractivity contribution in [2.45, 2.75) is 39.3 Å². The van der Waals surface area contributed by atoms with Gasteiger partial charge in [0.25, 0.3) is 0 Å². The molecule has 2 amide bonds. The Labute approximate surface area is 162 Å². The molecule has 0 radical (unpaired) electrons. The molecule has 2 aliphatic heterocycles. The number of rotatable bonds is 6. The fourth-order valence-electron chi connectivity index (χ4n) is 3.78. The van der Waals surface area contributed by atoms with Crippen molar-refractivity contribution in [1.29, 1.82) is 0 Å². The third-order valence-corrected chi connectivity index (χ3v) is 5.74. The third kappa shape index (κ3) is 5.53. The average molecular weight is 373 g/mol. The second-order valence-corrected chi connectivity index (χ2v) is 7.78. The minimum atomic E-state index is -0.146. The first kappa shape index (κ1) is 19.8. The first-order valence-electron chi connectivity index (χ1n) is 10.1. The fraction of sp³-hybridized carbons (Fsp3) is 0.619. The molecule has 0 spiro atoms. The number of nitrogens with one attached hydrogen (secondary N) is 1. The topological polar surface area (TPSA) is 55.9 Å². The van der Waals surface area contributed by atoms with Crippen LogP contribution in [0.3, 0.4) is 0 Å². The number of amides is 2. The highest BCUT2D eigenvalue weighted by Gasteiger charge is 2.27. The molecule has 0 bridgehead atoms. The quantitative estimate of drug-likeness (QED) is 0.816. The smallest absolute Gasteiger partial charge is 0.237 e. The van der Waals surface area contributed by atoms with Gasteiger partial charge < -0.3 is 10.2 Å². The number of hydrogen-bond acceptors (Lipinski definition) is 4. The Morgan fingerprint density at radius 2 is 1.63 bits per heavy atom. The van der Waals surface area contributed by atoms with Crippen LogP contribution in [0.5, 0.6) is 0 Å². The highest BCUT2D eigenvalue weighted by atomic mass is 16.2. The summed E-state index contributed by atoms with van der Waals surface area (Å²) in [5.41, 5.74) is 2.34. The second-order valence-electron chi connectivity index (χ2n) is 7.78. The molecule has 0 aliphatic carbocycles. The zero-order chi connectivity index (χ0) is 19.2. The van der Waals surface area contributed by atoms with E-state index in [9.17, 15) is 9.59 Å². The van der Waals surface area contributed by atoms with Gasteiger partial charge in [0, 0.05) is 45.8 Å². The van der Waals surface area contributed by atoms with Gasteiger partial charge in [-0.25, -0.2) is 0 Å². The van der Waals surface area contributed by atoms with Crippen LogP contribution in [-0.4, -0.2) is 78.4 Å². The number of hydrogen-bond donors (Lipinski definition) is 1. The molecule has 2 saturated heterocycles. The molecule has 1 unspecified atom stereocenters. The lowest BCUT2D eigenvalue weighted by atomic mass is 10.1. The van der Waals surface area contributed by atoms with Crippen molar-refractivity contribution in [3.63, 3.8) is 0 Å². The number of nitrogens with zero attached hydrogens (tertiary/aromatic N) is 3. The highest BCUT2D eigenvalue weighted by molar-refractivity contribution is 5.81. The van der Waals surface area contributed by atoms with E-state index >= 15 is 0 Å². The maximum Gasteiger partial charge on any atom is 0.237 e. The molecule has 6 nitrogen and oxygen atoms in total. The van der Waals surface area contributed by atoms with Gasteiger partial charge in [-0.1, -0.05) is 29.8 Å². The van der Waals surface area contributed by atoms with E-state index in [2.05, 4.69) is 46.3 Å². The molecule has 1 atom stereocenters. The zero-order valence-corrected chi connectivity index (χ0v) is 16.6. The van der Waals surface area contributed by atoms with Crippen molar-refractivity contribution in [2.24, 2.45) is 0 Å². The number of piperazine rings is 1. The van der Waals surface area contributed by atoms with Crippen LogP contribution in [0.1, 0.15) is 30.9 Å². The number of benzene rings is 1. The first-order valence-corrected chi connectivity index (χ1v) is 10.1. The fourth-order valence-corrected chi connectivity index (χ4v) is 3.78. The maximum atomic E-state index is 12.5. The SMILES string of the molecule is Cc1ccc(CNC(=O)C(C)N2CCN(CC(=O)N3CCCC3)CC2)cc1. The average Bonchev–Trinajstić information content (AvgIpc) is 3.22. The molecule has 27 heavy (non-hydrogen) atoms. The minimum Gasteiger partial charge on any atom is -0.351 e. The largest absolute Gasteiger partial charge is 0.351 e. The highest BCUT2D eigenvalue weighted by Crippen LogP contribution is 2.11. The van der Waals surface area contributed by atoms with Gasteiger partial charge >= 0.3 is 0 Å². The maximum absolute atomic E-state index is 12.5. The Balaban J connectivity index is 1.39. The van der Waals surface area contributed by atoms with Crippen LogP contribution in [-0.2, 0) is 16.1 Å². The van der Waals surface area contributed by atoms with Crippen molar-refractivity contribution < 1.29 is 9.59 Å². The number of aryl methyl sites for hydroxylation is 1. The van der Waals surface area contributed by atoms with E-state index in [0.717, 1.165) is 57.7 Å². The lowest BCUT2D eigenvalue weighted by Crippen LogP contribution is -2.55. The van der Waals surface area contributed by atoms with Crippen LogP contribution >= 0.6 is 0 Å². The van der Waals surface area contributed by atoms with Crippen molar-refractivity contribution >= 4 is 11.8 Å². The lowest BCUT2D eigenvalue weighted by molar-refractivity contribution is -0.133. The van der Waals surface area contributed by atoms with Gasteiger partial charge in [-0.3, -0.25) is 19.4 Å². The first-order chi connectivity index (χ1) is 13.0. The third-order valence-electron chi connectivity index (χ3n) is 5.74. The summed E-state index contributed by atoms with van der Waals surface area (Å²) in [6, 6.07) is 8.08. The van der Waals surface area contributed by atoms with Crippen LogP contribution in [0.15, 0.2) is 24.3 Å². The van der Waals surface area contributed by atoms with Crippen LogP contribution in [0.2, 0.25) is 0 Å². The summed E-state index contributed by atoms with van der Waals surface area (Å²) in [6.45, 7) is 10.3. The predicted molar refractivity (Wildman–Crippen MR) is 106 cm³/mol. The predicted octanol–water partition coefficient (Wildman–Crippen LogP) is 1.24. The second kappa shape index (κ2) is 9.33. The van der Waals surface area contributed by atoms with Crippen molar-refractivity contribution in [3.05, 3.63) is 35.4 Å². The van der Waals surface area contributed by atoms with Gasteiger partial charge in [0.15, 0.2) is 0 Å². The van der Waals surface area contributed by atoms with E-state index < -0.39 is 0 Å². The normalized spacial score (nSPS) is 19.9.